The van der Waals surface area contributed by atoms with Crippen LogP contribution in [-0.4, -0.2) is 14.8 Å². The molecule has 0 amide bonds. The summed E-state index contributed by atoms with van der Waals surface area (Å²) in [5, 5.41) is 0.0797. The van der Waals surface area contributed by atoms with Gasteiger partial charge in [-0.1, -0.05) is 151 Å². The fourth-order valence-corrected chi connectivity index (χ4v) is 10.6. The van der Waals surface area contributed by atoms with Gasteiger partial charge in [0.2, 0.25) is 0 Å². The van der Waals surface area contributed by atoms with Gasteiger partial charge in [0.25, 0.3) is 8.32 Å². The van der Waals surface area contributed by atoms with Crippen LogP contribution in [0.1, 0.15) is 151 Å². The van der Waals surface area contributed by atoms with E-state index in [1.807, 2.05) is 6.47 Å². The molecule has 0 spiro atoms. The molecule has 1 radical (unpaired) electrons. The summed E-state index contributed by atoms with van der Waals surface area (Å²) in [5.74, 6) is 0. The second-order valence-corrected chi connectivity index (χ2v) is 16.9. The lowest BCUT2D eigenvalue weighted by Crippen LogP contribution is -2.54. The average molecular weight is 440 g/mol. The Morgan fingerprint density at radius 1 is 0.567 bits per heavy atom. The van der Waals surface area contributed by atoms with Crippen molar-refractivity contribution in [3.63, 3.8) is 0 Å². The summed E-state index contributed by atoms with van der Waals surface area (Å²) in [5.41, 5.74) is 0. The molecule has 0 aliphatic rings. The fraction of sp³-hybridized carbons (Fsp3) is 0.963. The molecule has 0 saturated heterocycles. The lowest BCUT2D eigenvalue weighted by Gasteiger charge is -2.48. The number of unbranched alkanes of at least 4 members (excludes halogenated alkanes) is 15. The minimum Gasteiger partial charge on any atom is -0.510 e. The predicted molar refractivity (Wildman–Crippen MR) is 136 cm³/mol. The molecule has 0 atom stereocenters. The monoisotopic (exact) mass is 439 g/mol. The minimum atomic E-state index is -2.23. The van der Waals surface area contributed by atoms with Crippen molar-refractivity contribution in [1.82, 2.24) is 0 Å². The minimum absolute atomic E-state index is 0.0398. The van der Waals surface area contributed by atoms with Crippen LogP contribution in [0.25, 0.3) is 0 Å². The topological polar surface area (TPSA) is 26.3 Å². The summed E-state index contributed by atoms with van der Waals surface area (Å²) in [4.78, 5) is 11.2. The van der Waals surface area contributed by atoms with Crippen LogP contribution in [0, 0.1) is 0 Å². The van der Waals surface area contributed by atoms with E-state index < -0.39 is 8.32 Å². The molecule has 0 aromatic carbocycles. The molecule has 179 valence electrons. The summed E-state index contributed by atoms with van der Waals surface area (Å²) < 4.78 is 5.82. The summed E-state index contributed by atoms with van der Waals surface area (Å²) in [6.07, 6.45) is 22.2. The van der Waals surface area contributed by atoms with Crippen LogP contribution in [0.15, 0.2) is 0 Å². The number of hydrogen-bond acceptors (Lipinski definition) is 2. The molecule has 0 rings (SSSR count). The smallest absolute Gasteiger partial charge is 0.402 e. The Bertz CT molecular complexity index is 392. The van der Waals surface area contributed by atoms with E-state index >= 15 is 0 Å². The maximum Gasteiger partial charge on any atom is 0.402 e. The zero-order valence-electron chi connectivity index (χ0n) is 21.8. The highest BCUT2D eigenvalue weighted by Gasteiger charge is 2.56. The van der Waals surface area contributed by atoms with E-state index in [9.17, 15) is 4.79 Å². The highest BCUT2D eigenvalue weighted by molar-refractivity contribution is 6.80. The van der Waals surface area contributed by atoms with Crippen molar-refractivity contribution < 1.29 is 9.22 Å². The molecule has 0 aliphatic heterocycles. The molecule has 0 unspecified atom stereocenters. The first-order valence-corrected chi connectivity index (χ1v) is 15.3. The molecule has 30 heavy (non-hydrogen) atoms. The molecule has 0 aromatic heterocycles. The van der Waals surface area contributed by atoms with Gasteiger partial charge in [0.1, 0.15) is 0 Å². The van der Waals surface area contributed by atoms with Crippen molar-refractivity contribution in [1.29, 1.82) is 0 Å². The second-order valence-electron chi connectivity index (χ2n) is 11.6. The Balaban J connectivity index is 3.80. The second kappa shape index (κ2) is 16.3. The summed E-state index contributed by atoms with van der Waals surface area (Å²) in [7, 11) is -2.23. The summed E-state index contributed by atoms with van der Waals surface area (Å²) in [6.45, 7) is 17.6. The SMILES string of the molecule is CCCCCCCCCCCCCCCCCC[Si](O[C]=O)(C(C)(C)C)C(C)(C)C. The number of rotatable bonds is 19. The van der Waals surface area contributed by atoms with Crippen molar-refractivity contribution in [2.75, 3.05) is 0 Å². The number of carbonyl (C=O) groups excluding carboxylic acids is 1. The van der Waals surface area contributed by atoms with Crippen LogP contribution in [0.4, 0.5) is 0 Å². The van der Waals surface area contributed by atoms with E-state index in [1.54, 1.807) is 0 Å². The van der Waals surface area contributed by atoms with Crippen LogP contribution in [-0.2, 0) is 9.22 Å². The molecule has 0 fully saturated rings. The Morgan fingerprint density at radius 2 is 0.867 bits per heavy atom. The van der Waals surface area contributed by atoms with Crippen molar-refractivity contribution in [2.45, 2.75) is 167 Å². The van der Waals surface area contributed by atoms with Gasteiger partial charge >= 0.3 is 6.47 Å². The zero-order valence-corrected chi connectivity index (χ0v) is 22.8. The van der Waals surface area contributed by atoms with Gasteiger partial charge in [0.05, 0.1) is 0 Å². The first-order chi connectivity index (χ1) is 14.1. The van der Waals surface area contributed by atoms with Crippen molar-refractivity contribution >= 4 is 14.8 Å². The Morgan fingerprint density at radius 3 is 1.13 bits per heavy atom. The van der Waals surface area contributed by atoms with E-state index in [0.717, 1.165) is 6.04 Å². The van der Waals surface area contributed by atoms with Crippen LogP contribution < -0.4 is 0 Å². The third kappa shape index (κ3) is 11.9. The molecule has 0 aliphatic carbocycles. The molecular weight excluding hydrogens is 384 g/mol. The van der Waals surface area contributed by atoms with Crippen LogP contribution in [0.3, 0.4) is 0 Å². The third-order valence-electron chi connectivity index (χ3n) is 7.02. The maximum absolute atomic E-state index is 11.2. The standard InChI is InChI=1S/C27H55O2Si/c1-8-9-10-11-12-13-14-15-16-17-18-19-20-21-22-23-24-30(29-25-28,26(2,3)4)27(5,6)7/h8-24H2,1-7H3. The Kier molecular flexibility index (Phi) is 16.2. The lowest BCUT2D eigenvalue weighted by atomic mass is 10.0. The van der Waals surface area contributed by atoms with Gasteiger partial charge in [0.15, 0.2) is 0 Å². The summed E-state index contributed by atoms with van der Waals surface area (Å²) in [6, 6.07) is 1.06. The van der Waals surface area contributed by atoms with Crippen LogP contribution in [0.2, 0.25) is 16.1 Å². The van der Waals surface area contributed by atoms with Gasteiger partial charge < -0.3 is 4.43 Å². The van der Waals surface area contributed by atoms with Crippen LogP contribution >= 0.6 is 0 Å². The Hall–Kier alpha value is -0.313. The van der Waals surface area contributed by atoms with E-state index in [2.05, 4.69) is 48.5 Å². The van der Waals surface area contributed by atoms with Gasteiger partial charge in [0, 0.05) is 0 Å². The summed E-state index contributed by atoms with van der Waals surface area (Å²) >= 11 is 0. The van der Waals surface area contributed by atoms with Crippen molar-refractivity contribution in [2.24, 2.45) is 0 Å². The average Bonchev–Trinajstić information content (AvgIpc) is 2.64. The molecule has 0 saturated carbocycles. The zero-order chi connectivity index (χ0) is 22.9. The molecule has 0 N–H and O–H groups in total. The van der Waals surface area contributed by atoms with Gasteiger partial charge in [-0.15, -0.1) is 0 Å². The van der Waals surface area contributed by atoms with Crippen molar-refractivity contribution in [3.8, 4) is 0 Å². The van der Waals surface area contributed by atoms with E-state index in [-0.39, 0.29) is 10.1 Å². The largest absolute Gasteiger partial charge is 0.510 e. The highest BCUT2D eigenvalue weighted by Crippen LogP contribution is 2.54. The molecular formula is C27H55O2Si. The molecule has 0 heterocycles. The fourth-order valence-electron chi connectivity index (χ4n) is 5.23. The van der Waals surface area contributed by atoms with Gasteiger partial charge in [-0.2, -0.15) is 0 Å². The molecule has 3 heteroatoms. The highest BCUT2D eigenvalue weighted by atomic mass is 28.4. The van der Waals surface area contributed by atoms with Crippen LogP contribution in [0.5, 0.6) is 0 Å². The first-order valence-electron chi connectivity index (χ1n) is 13.2. The quantitative estimate of drug-likeness (QED) is 0.148. The van der Waals surface area contributed by atoms with Crippen molar-refractivity contribution in [3.05, 3.63) is 0 Å². The molecule has 0 bridgehead atoms. The van der Waals surface area contributed by atoms with E-state index in [1.165, 1.54) is 103 Å². The van der Waals surface area contributed by atoms with Gasteiger partial charge in [-0.25, -0.2) is 4.79 Å². The van der Waals surface area contributed by atoms with Gasteiger partial charge in [-0.3, -0.25) is 0 Å². The van der Waals surface area contributed by atoms with Gasteiger partial charge in [-0.05, 0) is 16.1 Å². The normalized spacial score (nSPS) is 12.9. The first kappa shape index (κ1) is 29.7. The van der Waals surface area contributed by atoms with E-state index in [0.29, 0.717) is 0 Å². The predicted octanol–water partition coefficient (Wildman–Crippen LogP) is 9.88. The lowest BCUT2D eigenvalue weighted by molar-refractivity contribution is 0.371. The van der Waals surface area contributed by atoms with E-state index in [4.69, 9.17) is 4.43 Å². The maximum atomic E-state index is 11.2. The molecule has 0 aromatic rings. The number of hydrogen-bond donors (Lipinski definition) is 0. The third-order valence-corrected chi connectivity index (χ3v) is 13.4. The Labute approximate surface area is 191 Å². The molecule has 2 nitrogen and oxygen atoms in total.